The standard InChI is InChI=1S/C21H31ClN8O/c1-29(2)9-5-8-19(31)23-11-15-6-4-7-16(10-15)26-20-18(22)13-24-21(28-20)27-17-12-25-30(3)14-17/h5,8,12-16H,4,6-7,9-11H2,1-3H3,(H,23,31)(H2,24,26,27,28). The maximum absolute atomic E-state index is 12.0. The van der Waals surface area contributed by atoms with Gasteiger partial charge < -0.3 is 20.9 Å². The number of carbonyl (C=O) groups is 1. The van der Waals surface area contributed by atoms with Crippen LogP contribution in [0.4, 0.5) is 17.5 Å². The van der Waals surface area contributed by atoms with Gasteiger partial charge in [-0.05, 0) is 39.3 Å². The van der Waals surface area contributed by atoms with Gasteiger partial charge in [0.2, 0.25) is 11.9 Å². The molecule has 1 saturated carbocycles. The average Bonchev–Trinajstić information content (AvgIpc) is 3.13. The lowest BCUT2D eigenvalue weighted by atomic mass is 9.85. The molecular formula is C21H31ClN8O. The molecule has 2 aromatic heterocycles. The molecule has 2 aromatic rings. The number of hydrogen-bond acceptors (Lipinski definition) is 7. The molecule has 1 fully saturated rings. The van der Waals surface area contributed by atoms with Crippen molar-refractivity contribution in [2.45, 2.75) is 31.7 Å². The van der Waals surface area contributed by atoms with Gasteiger partial charge in [0.15, 0.2) is 5.82 Å². The van der Waals surface area contributed by atoms with Crippen molar-refractivity contribution in [3.8, 4) is 0 Å². The molecule has 31 heavy (non-hydrogen) atoms. The van der Waals surface area contributed by atoms with Gasteiger partial charge in [-0.15, -0.1) is 0 Å². The number of carbonyl (C=O) groups excluding carboxylic acids is 1. The van der Waals surface area contributed by atoms with Gasteiger partial charge in [-0.2, -0.15) is 10.1 Å². The molecule has 3 N–H and O–H groups in total. The normalized spacial score (nSPS) is 19.0. The maximum Gasteiger partial charge on any atom is 0.243 e. The summed E-state index contributed by atoms with van der Waals surface area (Å²) in [4.78, 5) is 22.8. The molecule has 168 valence electrons. The number of rotatable bonds is 9. The molecule has 2 atom stereocenters. The van der Waals surface area contributed by atoms with E-state index >= 15 is 0 Å². The van der Waals surface area contributed by atoms with Crippen LogP contribution in [0.15, 0.2) is 30.7 Å². The first-order chi connectivity index (χ1) is 14.9. The van der Waals surface area contributed by atoms with Crippen molar-refractivity contribution in [1.82, 2.24) is 30.0 Å². The number of aryl methyl sites for hydroxylation is 1. The zero-order chi connectivity index (χ0) is 22.2. The summed E-state index contributed by atoms with van der Waals surface area (Å²) in [5.74, 6) is 1.46. The fourth-order valence-corrected chi connectivity index (χ4v) is 3.76. The van der Waals surface area contributed by atoms with E-state index in [0.29, 0.717) is 29.3 Å². The van der Waals surface area contributed by atoms with E-state index in [9.17, 15) is 4.79 Å². The molecule has 10 heteroatoms. The molecule has 2 unspecified atom stereocenters. The van der Waals surface area contributed by atoms with Crippen molar-refractivity contribution in [2.24, 2.45) is 13.0 Å². The SMILES string of the molecule is CN(C)CC=CC(=O)NCC1CCCC(Nc2nc(Nc3cnn(C)c3)ncc2Cl)C1. The van der Waals surface area contributed by atoms with E-state index < -0.39 is 0 Å². The van der Waals surface area contributed by atoms with Crippen LogP contribution in [0, 0.1) is 5.92 Å². The van der Waals surface area contributed by atoms with Crippen LogP contribution in [0.5, 0.6) is 0 Å². The number of anilines is 3. The minimum atomic E-state index is -0.0399. The van der Waals surface area contributed by atoms with Crippen molar-refractivity contribution < 1.29 is 4.79 Å². The van der Waals surface area contributed by atoms with Crippen LogP contribution in [0.2, 0.25) is 5.02 Å². The fraction of sp³-hybridized carbons (Fsp3) is 0.524. The Hall–Kier alpha value is -2.65. The summed E-state index contributed by atoms with van der Waals surface area (Å²) in [6, 6.07) is 0.249. The highest BCUT2D eigenvalue weighted by Crippen LogP contribution is 2.29. The second kappa shape index (κ2) is 11.1. The van der Waals surface area contributed by atoms with E-state index in [1.807, 2.05) is 38.3 Å². The lowest BCUT2D eigenvalue weighted by Crippen LogP contribution is -2.35. The Kier molecular flexibility index (Phi) is 8.25. The summed E-state index contributed by atoms with van der Waals surface area (Å²) in [7, 11) is 5.79. The minimum absolute atomic E-state index is 0.0399. The van der Waals surface area contributed by atoms with Crippen LogP contribution < -0.4 is 16.0 Å². The predicted molar refractivity (Wildman–Crippen MR) is 124 cm³/mol. The average molecular weight is 447 g/mol. The topological polar surface area (TPSA) is 100 Å². The Bertz CT molecular complexity index is 897. The first-order valence-electron chi connectivity index (χ1n) is 10.5. The number of nitrogens with one attached hydrogen (secondary N) is 3. The van der Waals surface area contributed by atoms with E-state index in [4.69, 9.17) is 11.6 Å². The summed E-state index contributed by atoms with van der Waals surface area (Å²) in [5.41, 5.74) is 0.809. The molecule has 1 amide bonds. The third kappa shape index (κ3) is 7.52. The second-order valence-corrected chi connectivity index (χ2v) is 8.61. The first-order valence-corrected chi connectivity index (χ1v) is 10.9. The molecule has 3 rings (SSSR count). The van der Waals surface area contributed by atoms with Crippen molar-refractivity contribution in [1.29, 1.82) is 0 Å². The molecule has 0 radical (unpaired) electrons. The zero-order valence-electron chi connectivity index (χ0n) is 18.3. The zero-order valence-corrected chi connectivity index (χ0v) is 19.1. The molecule has 0 aromatic carbocycles. The van der Waals surface area contributed by atoms with Gasteiger partial charge in [0, 0.05) is 38.5 Å². The van der Waals surface area contributed by atoms with Gasteiger partial charge in [-0.25, -0.2) is 4.98 Å². The Morgan fingerprint density at radius 2 is 2.19 bits per heavy atom. The van der Waals surface area contributed by atoms with E-state index in [2.05, 4.69) is 31.0 Å². The van der Waals surface area contributed by atoms with Crippen molar-refractivity contribution in [2.75, 3.05) is 37.8 Å². The monoisotopic (exact) mass is 446 g/mol. The molecular weight excluding hydrogens is 416 g/mol. The van der Waals surface area contributed by atoms with Crippen LogP contribution in [0.1, 0.15) is 25.7 Å². The number of nitrogens with zero attached hydrogens (tertiary/aromatic N) is 5. The van der Waals surface area contributed by atoms with E-state index in [-0.39, 0.29) is 11.9 Å². The molecule has 9 nitrogen and oxygen atoms in total. The van der Waals surface area contributed by atoms with Gasteiger partial charge in [0.05, 0.1) is 18.1 Å². The molecule has 0 spiro atoms. The molecule has 2 heterocycles. The highest BCUT2D eigenvalue weighted by molar-refractivity contribution is 6.32. The number of amides is 1. The summed E-state index contributed by atoms with van der Waals surface area (Å²) < 4.78 is 1.70. The quantitative estimate of drug-likeness (QED) is 0.509. The highest BCUT2D eigenvalue weighted by atomic mass is 35.5. The van der Waals surface area contributed by atoms with Gasteiger partial charge >= 0.3 is 0 Å². The minimum Gasteiger partial charge on any atom is -0.366 e. The maximum atomic E-state index is 12.0. The number of hydrogen-bond donors (Lipinski definition) is 3. The van der Waals surface area contributed by atoms with Gasteiger partial charge in [-0.1, -0.05) is 24.1 Å². The van der Waals surface area contributed by atoms with Crippen LogP contribution in [-0.2, 0) is 11.8 Å². The molecule has 0 aliphatic heterocycles. The van der Waals surface area contributed by atoms with Crippen molar-refractivity contribution in [3.05, 3.63) is 35.8 Å². The van der Waals surface area contributed by atoms with Crippen LogP contribution in [0.3, 0.4) is 0 Å². The molecule has 0 bridgehead atoms. The lowest BCUT2D eigenvalue weighted by Gasteiger charge is -2.30. The number of halogens is 1. The molecule has 1 aliphatic carbocycles. The van der Waals surface area contributed by atoms with E-state index in [1.54, 1.807) is 23.2 Å². The van der Waals surface area contributed by atoms with E-state index in [0.717, 1.165) is 37.9 Å². The largest absolute Gasteiger partial charge is 0.366 e. The van der Waals surface area contributed by atoms with Crippen LogP contribution in [0.25, 0.3) is 0 Å². The lowest BCUT2D eigenvalue weighted by molar-refractivity contribution is -0.116. The molecule has 1 aliphatic rings. The highest BCUT2D eigenvalue weighted by Gasteiger charge is 2.23. The summed E-state index contributed by atoms with van der Waals surface area (Å²) in [6.07, 6.45) is 12.8. The smallest absolute Gasteiger partial charge is 0.243 e. The van der Waals surface area contributed by atoms with Crippen LogP contribution >= 0.6 is 11.6 Å². The fourth-order valence-electron chi connectivity index (χ4n) is 3.62. The van der Waals surface area contributed by atoms with E-state index in [1.165, 1.54) is 0 Å². The molecule has 0 saturated heterocycles. The summed E-state index contributed by atoms with van der Waals surface area (Å²) >= 11 is 6.33. The van der Waals surface area contributed by atoms with Crippen molar-refractivity contribution >= 4 is 35.0 Å². The number of likely N-dealkylation sites (N-methyl/N-ethyl adjacent to an activating group) is 1. The van der Waals surface area contributed by atoms with Crippen LogP contribution in [-0.4, -0.2) is 63.8 Å². The third-order valence-electron chi connectivity index (χ3n) is 5.13. The number of aromatic nitrogens is 4. The Balaban J connectivity index is 1.52. The second-order valence-electron chi connectivity index (χ2n) is 8.20. The summed E-state index contributed by atoms with van der Waals surface area (Å²) in [5, 5.41) is 14.2. The van der Waals surface area contributed by atoms with Gasteiger partial charge in [0.25, 0.3) is 0 Å². The van der Waals surface area contributed by atoms with Gasteiger partial charge in [-0.3, -0.25) is 9.48 Å². The van der Waals surface area contributed by atoms with Gasteiger partial charge in [0.1, 0.15) is 5.02 Å². The predicted octanol–water partition coefficient (Wildman–Crippen LogP) is 2.81. The summed E-state index contributed by atoms with van der Waals surface area (Å²) in [6.45, 7) is 1.43. The Morgan fingerprint density at radius 1 is 1.35 bits per heavy atom. The van der Waals surface area contributed by atoms with Crippen molar-refractivity contribution in [3.63, 3.8) is 0 Å². The first kappa shape index (κ1) is 23.0. The Labute approximate surface area is 188 Å². The third-order valence-corrected chi connectivity index (χ3v) is 5.41. The Morgan fingerprint density at radius 3 is 2.94 bits per heavy atom.